The summed E-state index contributed by atoms with van der Waals surface area (Å²) in [5, 5.41) is 7.86. The van der Waals surface area contributed by atoms with E-state index in [9.17, 15) is 4.79 Å². The van der Waals surface area contributed by atoms with Crippen LogP contribution in [0.15, 0.2) is 30.3 Å². The molecule has 0 saturated carbocycles. The average Bonchev–Trinajstić information content (AvgIpc) is 2.48. The van der Waals surface area contributed by atoms with E-state index >= 15 is 0 Å². The highest BCUT2D eigenvalue weighted by molar-refractivity contribution is 8.15. The molecule has 3 nitrogen and oxygen atoms in total. The molecule has 0 radical (unpaired) electrons. The predicted octanol–water partition coefficient (Wildman–Crippen LogP) is 1.70. The summed E-state index contributed by atoms with van der Waals surface area (Å²) in [5.74, 6) is 0.370. The molecule has 4 heteroatoms. The summed E-state index contributed by atoms with van der Waals surface area (Å²) in [5.41, 5.74) is 0.780. The molecule has 0 bridgehead atoms. The van der Waals surface area contributed by atoms with Crippen molar-refractivity contribution in [3.8, 4) is 0 Å². The summed E-state index contributed by atoms with van der Waals surface area (Å²) in [7, 11) is 0. The number of para-hydroxylation sites is 1. The summed E-state index contributed by atoms with van der Waals surface area (Å²) in [6, 6.07) is 9.27. The number of carbonyl (C=O) groups excluding carboxylic acids is 1. The van der Waals surface area contributed by atoms with Crippen LogP contribution < -0.4 is 4.90 Å². The minimum absolute atomic E-state index is 0.0128. The topological polar surface area (TPSA) is 44.2 Å². The fourth-order valence-electron chi connectivity index (χ4n) is 1.21. The highest BCUT2D eigenvalue weighted by Gasteiger charge is 2.27. The molecule has 0 unspecified atom stereocenters. The third kappa shape index (κ3) is 1.45. The number of nitrogens with zero attached hydrogens (tertiary/aromatic N) is 1. The zero-order valence-corrected chi connectivity index (χ0v) is 7.67. The molecule has 1 saturated heterocycles. The second kappa shape index (κ2) is 3.22. The standard InChI is InChI=1S/C9H8N2OS/c10-9-11(8(12)6-13-9)7-4-2-1-3-5-7/h1-5,10H,6H2. The molecule has 1 fully saturated rings. The lowest BCUT2D eigenvalue weighted by Gasteiger charge is -2.13. The van der Waals surface area contributed by atoms with Crippen LogP contribution in [-0.2, 0) is 4.79 Å². The van der Waals surface area contributed by atoms with E-state index in [0.717, 1.165) is 5.69 Å². The Balaban J connectivity index is 2.36. The van der Waals surface area contributed by atoms with E-state index in [-0.39, 0.29) is 5.91 Å². The van der Waals surface area contributed by atoms with E-state index in [1.807, 2.05) is 30.3 Å². The first-order chi connectivity index (χ1) is 6.29. The van der Waals surface area contributed by atoms with Crippen molar-refractivity contribution in [1.29, 1.82) is 5.41 Å². The number of rotatable bonds is 1. The van der Waals surface area contributed by atoms with Gasteiger partial charge >= 0.3 is 0 Å². The third-order valence-corrected chi connectivity index (χ3v) is 2.65. The lowest BCUT2D eigenvalue weighted by Crippen LogP contribution is -2.28. The molecule has 0 aromatic heterocycles. The maximum absolute atomic E-state index is 11.3. The first-order valence-corrected chi connectivity index (χ1v) is 4.87. The van der Waals surface area contributed by atoms with E-state index < -0.39 is 0 Å². The number of amidine groups is 1. The van der Waals surface area contributed by atoms with Gasteiger partial charge in [-0.1, -0.05) is 30.0 Å². The predicted molar refractivity (Wildman–Crippen MR) is 54.1 cm³/mol. The van der Waals surface area contributed by atoms with Crippen molar-refractivity contribution in [2.24, 2.45) is 0 Å². The van der Waals surface area contributed by atoms with Crippen LogP contribution >= 0.6 is 11.8 Å². The van der Waals surface area contributed by atoms with Crippen molar-refractivity contribution in [3.63, 3.8) is 0 Å². The smallest absolute Gasteiger partial charge is 0.243 e. The zero-order valence-electron chi connectivity index (χ0n) is 6.86. The van der Waals surface area contributed by atoms with Crippen LogP contribution in [0.3, 0.4) is 0 Å². The van der Waals surface area contributed by atoms with Gasteiger partial charge in [0.05, 0.1) is 11.4 Å². The van der Waals surface area contributed by atoms with Crippen molar-refractivity contribution in [1.82, 2.24) is 0 Å². The van der Waals surface area contributed by atoms with E-state index in [0.29, 0.717) is 10.9 Å². The number of hydrogen-bond acceptors (Lipinski definition) is 3. The normalized spacial score (nSPS) is 16.8. The molecule has 1 aromatic rings. The van der Waals surface area contributed by atoms with Crippen LogP contribution in [0, 0.1) is 5.41 Å². The van der Waals surface area contributed by atoms with Crippen molar-refractivity contribution >= 4 is 28.5 Å². The van der Waals surface area contributed by atoms with Gasteiger partial charge in [0.1, 0.15) is 0 Å². The summed E-state index contributed by atoms with van der Waals surface area (Å²) in [6.07, 6.45) is 0. The van der Waals surface area contributed by atoms with Gasteiger partial charge in [-0.3, -0.25) is 15.1 Å². The third-order valence-electron chi connectivity index (χ3n) is 1.80. The number of benzene rings is 1. The second-order valence-corrected chi connectivity index (χ2v) is 3.62. The molecular formula is C9H8N2OS. The number of anilines is 1. The number of carbonyl (C=O) groups is 1. The Bertz CT molecular complexity index is 334. The van der Waals surface area contributed by atoms with Crippen LogP contribution in [0.2, 0.25) is 0 Å². The molecular weight excluding hydrogens is 184 g/mol. The highest BCUT2D eigenvalue weighted by Crippen LogP contribution is 2.24. The van der Waals surface area contributed by atoms with Crippen molar-refractivity contribution in [2.45, 2.75) is 0 Å². The summed E-state index contributed by atoms with van der Waals surface area (Å²) >= 11 is 1.27. The Morgan fingerprint density at radius 3 is 2.54 bits per heavy atom. The minimum Gasteiger partial charge on any atom is -0.278 e. The van der Waals surface area contributed by atoms with Crippen molar-refractivity contribution in [3.05, 3.63) is 30.3 Å². The van der Waals surface area contributed by atoms with Crippen molar-refractivity contribution in [2.75, 3.05) is 10.7 Å². The van der Waals surface area contributed by atoms with Gasteiger partial charge in [-0.25, -0.2) is 0 Å². The van der Waals surface area contributed by atoms with Crippen LogP contribution in [0.5, 0.6) is 0 Å². The van der Waals surface area contributed by atoms with Crippen LogP contribution in [-0.4, -0.2) is 16.8 Å². The highest BCUT2D eigenvalue weighted by atomic mass is 32.2. The summed E-state index contributed by atoms with van der Waals surface area (Å²) in [6.45, 7) is 0. The molecule has 0 atom stereocenters. The monoisotopic (exact) mass is 192 g/mol. The lowest BCUT2D eigenvalue weighted by molar-refractivity contribution is -0.115. The van der Waals surface area contributed by atoms with Crippen LogP contribution in [0.1, 0.15) is 0 Å². The minimum atomic E-state index is -0.0128. The first-order valence-electron chi connectivity index (χ1n) is 3.88. The summed E-state index contributed by atoms with van der Waals surface area (Å²) < 4.78 is 0. The number of amides is 1. The fraction of sp³-hybridized carbons (Fsp3) is 0.111. The van der Waals surface area contributed by atoms with E-state index in [1.165, 1.54) is 16.7 Å². The van der Waals surface area contributed by atoms with Gasteiger partial charge in [0.25, 0.3) is 0 Å². The molecule has 2 rings (SSSR count). The number of hydrogen-bond donors (Lipinski definition) is 1. The fourth-order valence-corrected chi connectivity index (χ4v) is 1.94. The van der Waals surface area contributed by atoms with Crippen LogP contribution in [0.4, 0.5) is 5.69 Å². The SMILES string of the molecule is N=C1SCC(=O)N1c1ccccc1. The van der Waals surface area contributed by atoms with Gasteiger partial charge in [-0.05, 0) is 12.1 Å². The molecule has 1 amide bonds. The average molecular weight is 192 g/mol. The van der Waals surface area contributed by atoms with Gasteiger partial charge in [0, 0.05) is 0 Å². The van der Waals surface area contributed by atoms with E-state index in [2.05, 4.69) is 0 Å². The van der Waals surface area contributed by atoms with Gasteiger partial charge < -0.3 is 0 Å². The second-order valence-electron chi connectivity index (χ2n) is 2.66. The molecule has 1 N–H and O–H groups in total. The van der Waals surface area contributed by atoms with Crippen LogP contribution in [0.25, 0.3) is 0 Å². The maximum Gasteiger partial charge on any atom is 0.243 e. The summed E-state index contributed by atoms with van der Waals surface area (Å²) in [4.78, 5) is 12.8. The first kappa shape index (κ1) is 8.31. The molecule has 1 aromatic carbocycles. The Morgan fingerprint density at radius 1 is 1.31 bits per heavy atom. The number of thioether (sulfide) groups is 1. The van der Waals surface area contributed by atoms with E-state index in [4.69, 9.17) is 5.41 Å². The molecule has 1 heterocycles. The Kier molecular flexibility index (Phi) is 2.06. The molecule has 1 aliphatic heterocycles. The number of nitrogens with one attached hydrogen (secondary N) is 1. The van der Waals surface area contributed by atoms with Gasteiger partial charge in [0.15, 0.2) is 5.17 Å². The lowest BCUT2D eigenvalue weighted by atomic mass is 10.3. The molecule has 0 spiro atoms. The quantitative estimate of drug-likeness (QED) is 0.736. The largest absolute Gasteiger partial charge is 0.278 e. The Labute approximate surface area is 80.3 Å². The molecule has 66 valence electrons. The molecule has 0 aliphatic carbocycles. The van der Waals surface area contributed by atoms with Gasteiger partial charge in [0.2, 0.25) is 5.91 Å². The zero-order chi connectivity index (χ0) is 9.26. The molecule has 1 aliphatic rings. The van der Waals surface area contributed by atoms with Gasteiger partial charge in [-0.2, -0.15) is 0 Å². The Morgan fingerprint density at radius 2 is 2.00 bits per heavy atom. The van der Waals surface area contributed by atoms with Crippen molar-refractivity contribution < 1.29 is 4.79 Å². The van der Waals surface area contributed by atoms with E-state index in [1.54, 1.807) is 0 Å². The maximum atomic E-state index is 11.3. The Hall–Kier alpha value is -1.29. The van der Waals surface area contributed by atoms with Gasteiger partial charge in [-0.15, -0.1) is 0 Å². The molecule has 13 heavy (non-hydrogen) atoms.